The fourth-order valence-corrected chi connectivity index (χ4v) is 2.52. The zero-order chi connectivity index (χ0) is 14.0. The normalized spacial score (nSPS) is 18.9. The first-order valence-electron chi connectivity index (χ1n) is 6.82. The van der Waals surface area contributed by atoms with Crippen LogP contribution < -0.4 is 0 Å². The molecule has 0 amide bonds. The van der Waals surface area contributed by atoms with Crippen molar-refractivity contribution in [1.29, 1.82) is 0 Å². The third-order valence-electron chi connectivity index (χ3n) is 3.90. The molecule has 1 aromatic rings. The van der Waals surface area contributed by atoms with E-state index in [0.717, 1.165) is 5.56 Å². The van der Waals surface area contributed by atoms with Crippen LogP contribution in [0.1, 0.15) is 50.2 Å². The highest BCUT2D eigenvalue weighted by Crippen LogP contribution is 2.38. The highest BCUT2D eigenvalue weighted by molar-refractivity contribution is 5.76. The van der Waals surface area contributed by atoms with E-state index in [1.54, 1.807) is 0 Å². The van der Waals surface area contributed by atoms with Crippen LogP contribution in [0, 0.1) is 5.41 Å². The van der Waals surface area contributed by atoms with Gasteiger partial charge in [0.2, 0.25) is 0 Å². The molecule has 1 saturated heterocycles. The molecule has 0 aliphatic carbocycles. The molecule has 1 unspecified atom stereocenters. The fraction of sp³-hybridized carbons (Fsp3) is 0.562. The smallest absolute Gasteiger partial charge is 0.310 e. The van der Waals surface area contributed by atoms with Crippen molar-refractivity contribution in [1.82, 2.24) is 0 Å². The lowest BCUT2D eigenvalue weighted by molar-refractivity contribution is -0.145. The number of hydrogen-bond donors (Lipinski definition) is 1. The van der Waals surface area contributed by atoms with Gasteiger partial charge in [-0.3, -0.25) is 4.79 Å². The van der Waals surface area contributed by atoms with Crippen LogP contribution >= 0.6 is 0 Å². The molecule has 1 atom stereocenters. The molecular formula is C16H22O3. The van der Waals surface area contributed by atoms with E-state index in [1.807, 2.05) is 24.3 Å². The Morgan fingerprint density at radius 2 is 1.79 bits per heavy atom. The predicted molar refractivity (Wildman–Crippen MR) is 74.5 cm³/mol. The summed E-state index contributed by atoms with van der Waals surface area (Å²) >= 11 is 0. The van der Waals surface area contributed by atoms with Crippen molar-refractivity contribution in [3.05, 3.63) is 35.4 Å². The molecule has 1 fully saturated rings. The minimum absolute atomic E-state index is 0.0137. The van der Waals surface area contributed by atoms with Crippen molar-refractivity contribution in [3.8, 4) is 0 Å². The third-order valence-corrected chi connectivity index (χ3v) is 3.90. The molecule has 19 heavy (non-hydrogen) atoms. The molecule has 0 spiro atoms. The van der Waals surface area contributed by atoms with Crippen molar-refractivity contribution in [2.75, 3.05) is 13.2 Å². The molecule has 0 radical (unpaired) electrons. The van der Waals surface area contributed by atoms with Crippen molar-refractivity contribution >= 4 is 5.97 Å². The van der Waals surface area contributed by atoms with E-state index < -0.39 is 11.9 Å². The number of carboxylic acid groups (broad SMARTS) is 1. The van der Waals surface area contributed by atoms with Gasteiger partial charge in [-0.05, 0) is 23.5 Å². The molecular weight excluding hydrogens is 240 g/mol. The second-order valence-corrected chi connectivity index (χ2v) is 6.22. The molecule has 0 aromatic heterocycles. The largest absolute Gasteiger partial charge is 0.481 e. The fourth-order valence-electron chi connectivity index (χ4n) is 2.52. The Morgan fingerprint density at radius 3 is 2.16 bits per heavy atom. The zero-order valence-electron chi connectivity index (χ0n) is 11.8. The SMILES string of the molecule is CC(C)c1ccc(C(CC2(C)COC2)C(=O)O)cc1. The molecule has 1 aliphatic heterocycles. The Morgan fingerprint density at radius 1 is 1.26 bits per heavy atom. The second-order valence-electron chi connectivity index (χ2n) is 6.22. The van der Waals surface area contributed by atoms with E-state index in [0.29, 0.717) is 25.6 Å². The Balaban J connectivity index is 2.16. The van der Waals surface area contributed by atoms with Gasteiger partial charge < -0.3 is 9.84 Å². The van der Waals surface area contributed by atoms with E-state index in [9.17, 15) is 9.90 Å². The molecule has 0 saturated carbocycles. The van der Waals surface area contributed by atoms with Gasteiger partial charge >= 0.3 is 5.97 Å². The number of hydrogen-bond acceptors (Lipinski definition) is 2. The monoisotopic (exact) mass is 262 g/mol. The van der Waals surface area contributed by atoms with Crippen LogP contribution in [0.2, 0.25) is 0 Å². The summed E-state index contributed by atoms with van der Waals surface area (Å²) in [7, 11) is 0. The maximum Gasteiger partial charge on any atom is 0.310 e. The number of carbonyl (C=O) groups is 1. The maximum absolute atomic E-state index is 11.5. The van der Waals surface area contributed by atoms with Gasteiger partial charge in [0.25, 0.3) is 0 Å². The van der Waals surface area contributed by atoms with E-state index >= 15 is 0 Å². The molecule has 1 N–H and O–H groups in total. The maximum atomic E-state index is 11.5. The van der Waals surface area contributed by atoms with Gasteiger partial charge in [0.15, 0.2) is 0 Å². The van der Waals surface area contributed by atoms with Crippen LogP contribution in [0.3, 0.4) is 0 Å². The summed E-state index contributed by atoms with van der Waals surface area (Å²) in [5.41, 5.74) is 2.15. The van der Waals surface area contributed by atoms with Crippen molar-refractivity contribution in [2.24, 2.45) is 5.41 Å². The number of benzene rings is 1. The molecule has 2 rings (SSSR count). The van der Waals surface area contributed by atoms with E-state index in [-0.39, 0.29) is 5.41 Å². The Bertz CT molecular complexity index is 444. The third kappa shape index (κ3) is 3.16. The zero-order valence-corrected chi connectivity index (χ0v) is 11.8. The van der Waals surface area contributed by atoms with Gasteiger partial charge in [-0.2, -0.15) is 0 Å². The van der Waals surface area contributed by atoms with Crippen LogP contribution in [0.5, 0.6) is 0 Å². The first-order chi connectivity index (χ1) is 8.91. The lowest BCUT2D eigenvalue weighted by atomic mass is 9.77. The summed E-state index contributed by atoms with van der Waals surface area (Å²) in [6.07, 6.45) is 0.642. The molecule has 104 valence electrons. The van der Waals surface area contributed by atoms with Crippen LogP contribution in [0.25, 0.3) is 0 Å². The summed E-state index contributed by atoms with van der Waals surface area (Å²) in [4.78, 5) is 11.5. The number of carboxylic acids is 1. The first-order valence-corrected chi connectivity index (χ1v) is 6.82. The van der Waals surface area contributed by atoms with Crippen molar-refractivity contribution in [2.45, 2.75) is 39.0 Å². The van der Waals surface area contributed by atoms with E-state index in [2.05, 4.69) is 20.8 Å². The van der Waals surface area contributed by atoms with Crippen molar-refractivity contribution < 1.29 is 14.6 Å². The van der Waals surface area contributed by atoms with Crippen LogP contribution in [0.15, 0.2) is 24.3 Å². The van der Waals surface area contributed by atoms with Crippen molar-refractivity contribution in [3.63, 3.8) is 0 Å². The minimum atomic E-state index is -0.745. The molecule has 1 heterocycles. The minimum Gasteiger partial charge on any atom is -0.481 e. The molecule has 3 heteroatoms. The molecule has 3 nitrogen and oxygen atoms in total. The van der Waals surface area contributed by atoms with E-state index in [1.165, 1.54) is 5.56 Å². The summed E-state index contributed by atoms with van der Waals surface area (Å²) < 4.78 is 5.21. The number of aliphatic carboxylic acids is 1. The predicted octanol–water partition coefficient (Wildman–Crippen LogP) is 3.40. The Kier molecular flexibility index (Phi) is 3.95. The average molecular weight is 262 g/mol. The first kappa shape index (κ1) is 14.1. The van der Waals surface area contributed by atoms with Gasteiger partial charge in [0.1, 0.15) is 0 Å². The topological polar surface area (TPSA) is 46.5 Å². The summed E-state index contributed by atoms with van der Waals surface area (Å²) in [6, 6.07) is 7.99. The lowest BCUT2D eigenvalue weighted by Crippen LogP contribution is -2.41. The Hall–Kier alpha value is -1.35. The van der Waals surface area contributed by atoms with E-state index in [4.69, 9.17) is 4.74 Å². The molecule has 1 aliphatic rings. The van der Waals surface area contributed by atoms with Crippen LogP contribution in [0.4, 0.5) is 0 Å². The highest BCUT2D eigenvalue weighted by atomic mass is 16.5. The van der Waals surface area contributed by atoms with Crippen LogP contribution in [-0.4, -0.2) is 24.3 Å². The number of ether oxygens (including phenoxy) is 1. The quantitative estimate of drug-likeness (QED) is 0.884. The second kappa shape index (κ2) is 5.33. The summed E-state index contributed by atoms with van der Waals surface area (Å²) in [5, 5.41) is 9.45. The molecule has 1 aromatic carbocycles. The van der Waals surface area contributed by atoms with Gasteiger partial charge in [-0.1, -0.05) is 45.0 Å². The average Bonchev–Trinajstić information content (AvgIpc) is 2.33. The van der Waals surface area contributed by atoms with Gasteiger partial charge in [0.05, 0.1) is 19.1 Å². The highest BCUT2D eigenvalue weighted by Gasteiger charge is 2.38. The van der Waals surface area contributed by atoms with Gasteiger partial charge in [-0.25, -0.2) is 0 Å². The van der Waals surface area contributed by atoms with Gasteiger partial charge in [0, 0.05) is 5.41 Å². The summed E-state index contributed by atoms with van der Waals surface area (Å²) in [6.45, 7) is 7.70. The van der Waals surface area contributed by atoms with Crippen LogP contribution in [-0.2, 0) is 9.53 Å². The lowest BCUT2D eigenvalue weighted by Gasteiger charge is -2.39. The van der Waals surface area contributed by atoms with Gasteiger partial charge in [-0.15, -0.1) is 0 Å². The molecule has 0 bridgehead atoms. The number of rotatable bonds is 5. The summed E-state index contributed by atoms with van der Waals surface area (Å²) in [5.74, 6) is -0.713. The Labute approximate surface area is 114 Å². The standard InChI is InChI=1S/C16H22O3/c1-11(2)12-4-6-13(7-5-12)14(15(17)18)8-16(3)9-19-10-16/h4-7,11,14H,8-10H2,1-3H3,(H,17,18).